The Bertz CT molecular complexity index is 459. The second kappa shape index (κ2) is 5.81. The summed E-state index contributed by atoms with van der Waals surface area (Å²) in [5.74, 6) is 0.499. The molecule has 1 atom stereocenters. The van der Waals surface area contributed by atoms with Crippen LogP contribution in [0.15, 0.2) is 12.1 Å². The first-order valence-electron chi connectivity index (χ1n) is 5.87. The molecular formula is C12H15F3N2OS. The summed E-state index contributed by atoms with van der Waals surface area (Å²) in [5, 5.41) is 0. The van der Waals surface area contributed by atoms with Crippen LogP contribution in [0, 0.1) is 5.82 Å². The maximum absolute atomic E-state index is 13.5. The highest BCUT2D eigenvalue weighted by Gasteiger charge is 2.23. The largest absolute Gasteiger partial charge is 0.432 e. The van der Waals surface area contributed by atoms with Crippen molar-refractivity contribution < 1.29 is 17.9 Å². The predicted molar refractivity (Wildman–Crippen MR) is 71.6 cm³/mol. The molecule has 1 saturated heterocycles. The summed E-state index contributed by atoms with van der Waals surface area (Å²) in [5.41, 5.74) is 6.56. The van der Waals surface area contributed by atoms with Crippen LogP contribution in [0.4, 0.5) is 24.5 Å². The lowest BCUT2D eigenvalue weighted by Gasteiger charge is -2.36. The third-order valence-corrected chi connectivity index (χ3v) is 4.16. The fourth-order valence-electron chi connectivity index (χ4n) is 2.08. The monoisotopic (exact) mass is 292 g/mol. The molecular weight excluding hydrogens is 277 g/mol. The highest BCUT2D eigenvalue weighted by atomic mass is 32.2. The van der Waals surface area contributed by atoms with Crippen LogP contribution in [0.25, 0.3) is 0 Å². The number of thioether (sulfide) groups is 1. The van der Waals surface area contributed by atoms with Gasteiger partial charge >= 0.3 is 6.61 Å². The molecule has 0 aromatic heterocycles. The Morgan fingerprint density at radius 3 is 2.84 bits per heavy atom. The number of rotatable bonds is 3. The Hall–Kier alpha value is -1.24. The molecule has 0 radical (unpaired) electrons. The van der Waals surface area contributed by atoms with Gasteiger partial charge in [-0.15, -0.1) is 0 Å². The SMILES string of the molecule is CC1CSCCN1c1cc(OC(F)F)c(F)cc1N. The number of hydrogen-bond donors (Lipinski definition) is 1. The molecule has 1 heterocycles. The fourth-order valence-corrected chi connectivity index (χ4v) is 3.09. The molecule has 1 unspecified atom stereocenters. The zero-order valence-electron chi connectivity index (χ0n) is 10.4. The van der Waals surface area contributed by atoms with Gasteiger partial charge in [-0.05, 0) is 6.92 Å². The van der Waals surface area contributed by atoms with E-state index in [1.165, 1.54) is 6.07 Å². The molecule has 1 fully saturated rings. The number of halogens is 3. The molecule has 1 aromatic rings. The minimum Gasteiger partial charge on any atom is -0.432 e. The van der Waals surface area contributed by atoms with Gasteiger partial charge in [0.2, 0.25) is 0 Å². The zero-order valence-corrected chi connectivity index (χ0v) is 11.2. The Kier molecular flexibility index (Phi) is 4.34. The molecule has 2 rings (SSSR count). The van der Waals surface area contributed by atoms with Crippen molar-refractivity contribution in [2.45, 2.75) is 19.6 Å². The van der Waals surface area contributed by atoms with Crippen LogP contribution in [0.1, 0.15) is 6.92 Å². The average molecular weight is 292 g/mol. The van der Waals surface area contributed by atoms with Gasteiger partial charge in [0.05, 0.1) is 11.4 Å². The Labute approximate surface area is 113 Å². The van der Waals surface area contributed by atoms with Gasteiger partial charge in [-0.2, -0.15) is 20.5 Å². The van der Waals surface area contributed by atoms with Gasteiger partial charge < -0.3 is 15.4 Å². The number of hydrogen-bond acceptors (Lipinski definition) is 4. The molecule has 1 aliphatic rings. The Balaban J connectivity index is 2.33. The van der Waals surface area contributed by atoms with Crippen molar-refractivity contribution in [3.05, 3.63) is 17.9 Å². The fraction of sp³-hybridized carbons (Fsp3) is 0.500. The van der Waals surface area contributed by atoms with Crippen molar-refractivity contribution >= 4 is 23.1 Å². The van der Waals surface area contributed by atoms with E-state index in [0.29, 0.717) is 5.69 Å². The number of alkyl halides is 2. The predicted octanol–water partition coefficient (Wildman–Crippen LogP) is 2.95. The van der Waals surface area contributed by atoms with Gasteiger partial charge in [0, 0.05) is 36.2 Å². The Morgan fingerprint density at radius 1 is 1.47 bits per heavy atom. The van der Waals surface area contributed by atoms with E-state index in [1.54, 1.807) is 0 Å². The van der Waals surface area contributed by atoms with Gasteiger partial charge in [0.25, 0.3) is 0 Å². The number of benzene rings is 1. The number of nitrogens with zero attached hydrogens (tertiary/aromatic N) is 1. The van der Waals surface area contributed by atoms with E-state index in [0.717, 1.165) is 24.1 Å². The standard InChI is InChI=1S/C12H15F3N2OS/c1-7-6-19-3-2-17(7)10-5-11(18-12(14)15)8(13)4-9(10)16/h4-5,7,12H,2-3,6,16H2,1H3. The molecule has 1 aromatic carbocycles. The van der Waals surface area contributed by atoms with Crippen LogP contribution >= 0.6 is 11.8 Å². The summed E-state index contributed by atoms with van der Waals surface area (Å²) in [4.78, 5) is 1.99. The molecule has 0 bridgehead atoms. The minimum atomic E-state index is -3.06. The van der Waals surface area contributed by atoms with E-state index in [-0.39, 0.29) is 11.7 Å². The summed E-state index contributed by atoms with van der Waals surface area (Å²) < 4.78 is 42.1. The topological polar surface area (TPSA) is 38.5 Å². The van der Waals surface area contributed by atoms with Gasteiger partial charge in [-0.25, -0.2) is 4.39 Å². The lowest BCUT2D eigenvalue weighted by Crippen LogP contribution is -2.40. The van der Waals surface area contributed by atoms with E-state index in [1.807, 2.05) is 23.6 Å². The first-order chi connectivity index (χ1) is 8.99. The summed E-state index contributed by atoms with van der Waals surface area (Å²) in [6, 6.07) is 2.50. The van der Waals surface area contributed by atoms with Gasteiger partial charge in [-0.1, -0.05) is 0 Å². The van der Waals surface area contributed by atoms with Crippen molar-refractivity contribution in [1.82, 2.24) is 0 Å². The van der Waals surface area contributed by atoms with Crippen LogP contribution in [0.2, 0.25) is 0 Å². The number of nitrogens with two attached hydrogens (primary N) is 1. The molecule has 0 spiro atoms. The summed E-state index contributed by atoms with van der Waals surface area (Å²) in [6.07, 6.45) is 0. The second-order valence-electron chi connectivity index (χ2n) is 4.34. The first-order valence-corrected chi connectivity index (χ1v) is 7.02. The Morgan fingerprint density at radius 2 is 2.21 bits per heavy atom. The maximum Gasteiger partial charge on any atom is 0.387 e. The van der Waals surface area contributed by atoms with Crippen molar-refractivity contribution in [3.8, 4) is 5.75 Å². The van der Waals surface area contributed by atoms with Gasteiger partial charge in [-0.3, -0.25) is 0 Å². The highest BCUT2D eigenvalue weighted by Crippen LogP contribution is 2.34. The zero-order chi connectivity index (χ0) is 14.0. The lowest BCUT2D eigenvalue weighted by molar-refractivity contribution is -0.0521. The normalized spacial score (nSPS) is 19.8. The van der Waals surface area contributed by atoms with E-state index in [2.05, 4.69) is 4.74 Å². The summed E-state index contributed by atoms with van der Waals surface area (Å²) >= 11 is 1.82. The van der Waals surface area contributed by atoms with Crippen molar-refractivity contribution in [2.75, 3.05) is 28.7 Å². The average Bonchev–Trinajstić information content (AvgIpc) is 2.33. The molecule has 106 valence electrons. The van der Waals surface area contributed by atoms with Crippen molar-refractivity contribution in [1.29, 1.82) is 0 Å². The smallest absolute Gasteiger partial charge is 0.387 e. The lowest BCUT2D eigenvalue weighted by atomic mass is 10.2. The van der Waals surface area contributed by atoms with Crippen LogP contribution in [0.5, 0.6) is 5.75 Å². The van der Waals surface area contributed by atoms with E-state index < -0.39 is 18.2 Å². The minimum absolute atomic E-state index is 0.214. The molecule has 3 nitrogen and oxygen atoms in total. The van der Waals surface area contributed by atoms with E-state index in [4.69, 9.17) is 5.73 Å². The van der Waals surface area contributed by atoms with Crippen LogP contribution in [-0.2, 0) is 0 Å². The number of anilines is 2. The molecule has 19 heavy (non-hydrogen) atoms. The molecule has 0 aliphatic carbocycles. The molecule has 7 heteroatoms. The summed E-state index contributed by atoms with van der Waals surface area (Å²) in [6.45, 7) is -0.293. The van der Waals surface area contributed by atoms with Gasteiger partial charge in [0.1, 0.15) is 0 Å². The van der Waals surface area contributed by atoms with Gasteiger partial charge in [0.15, 0.2) is 11.6 Å². The third-order valence-electron chi connectivity index (χ3n) is 2.97. The van der Waals surface area contributed by atoms with Crippen LogP contribution < -0.4 is 15.4 Å². The van der Waals surface area contributed by atoms with Crippen molar-refractivity contribution in [3.63, 3.8) is 0 Å². The first kappa shape index (κ1) is 14.2. The molecule has 0 amide bonds. The van der Waals surface area contributed by atoms with Crippen LogP contribution in [0.3, 0.4) is 0 Å². The molecule has 0 saturated carbocycles. The summed E-state index contributed by atoms with van der Waals surface area (Å²) in [7, 11) is 0. The van der Waals surface area contributed by atoms with Crippen LogP contribution in [-0.4, -0.2) is 30.7 Å². The molecule has 1 aliphatic heterocycles. The van der Waals surface area contributed by atoms with E-state index in [9.17, 15) is 13.2 Å². The molecule has 2 N–H and O–H groups in total. The number of ether oxygens (including phenoxy) is 1. The third kappa shape index (κ3) is 3.20. The maximum atomic E-state index is 13.5. The van der Waals surface area contributed by atoms with E-state index >= 15 is 0 Å². The second-order valence-corrected chi connectivity index (χ2v) is 5.49. The van der Waals surface area contributed by atoms with Crippen molar-refractivity contribution in [2.24, 2.45) is 0 Å². The number of nitrogen functional groups attached to an aromatic ring is 1. The quantitative estimate of drug-likeness (QED) is 0.869. The highest BCUT2D eigenvalue weighted by molar-refractivity contribution is 7.99.